The standard InChI is InChI=1S/C32H18BrN3O/c33-24-18-23-20-12-5-8-16-26(20)36(30(23)28-22-14-6-9-17-27(22)37-31(24)28)32-34-25-15-7-4-13-21(25)29(35-32)19-10-2-1-3-11-19/h1-18H. The Morgan fingerprint density at radius 1 is 0.649 bits per heavy atom. The van der Waals surface area contributed by atoms with E-state index in [0.717, 1.165) is 70.4 Å². The minimum absolute atomic E-state index is 0.637. The maximum absolute atomic E-state index is 6.34. The summed E-state index contributed by atoms with van der Waals surface area (Å²) in [4.78, 5) is 10.3. The average Bonchev–Trinajstić information content (AvgIpc) is 3.50. The van der Waals surface area contributed by atoms with E-state index in [4.69, 9.17) is 14.4 Å². The second-order valence-corrected chi connectivity index (χ2v) is 10.0. The predicted octanol–water partition coefficient (Wildman–Crippen LogP) is 9.06. The Kier molecular flexibility index (Phi) is 4.34. The molecule has 0 saturated carbocycles. The first-order valence-corrected chi connectivity index (χ1v) is 12.9. The Bertz CT molecular complexity index is 2160. The first-order chi connectivity index (χ1) is 18.3. The van der Waals surface area contributed by atoms with Crippen molar-refractivity contribution in [2.24, 2.45) is 0 Å². The fourth-order valence-corrected chi connectivity index (χ4v) is 5.99. The smallest absolute Gasteiger partial charge is 0.235 e. The highest BCUT2D eigenvalue weighted by Gasteiger charge is 2.23. The van der Waals surface area contributed by atoms with Gasteiger partial charge < -0.3 is 4.42 Å². The summed E-state index contributed by atoms with van der Waals surface area (Å²) < 4.78 is 9.46. The van der Waals surface area contributed by atoms with E-state index in [1.54, 1.807) is 0 Å². The molecular formula is C32H18BrN3O. The van der Waals surface area contributed by atoms with Gasteiger partial charge in [0.15, 0.2) is 5.58 Å². The van der Waals surface area contributed by atoms with E-state index in [0.29, 0.717) is 5.95 Å². The van der Waals surface area contributed by atoms with Crippen LogP contribution in [0.5, 0.6) is 0 Å². The van der Waals surface area contributed by atoms with E-state index >= 15 is 0 Å². The van der Waals surface area contributed by atoms with Crippen molar-refractivity contribution < 1.29 is 4.42 Å². The molecule has 0 aliphatic carbocycles. The molecule has 0 bridgehead atoms. The highest BCUT2D eigenvalue weighted by molar-refractivity contribution is 9.10. The highest BCUT2D eigenvalue weighted by atomic mass is 79.9. The van der Waals surface area contributed by atoms with Crippen molar-refractivity contribution in [2.75, 3.05) is 0 Å². The second-order valence-electron chi connectivity index (χ2n) is 9.16. The van der Waals surface area contributed by atoms with Crippen LogP contribution in [0.2, 0.25) is 0 Å². The maximum atomic E-state index is 6.34. The number of furan rings is 1. The zero-order valence-corrected chi connectivity index (χ0v) is 21.1. The van der Waals surface area contributed by atoms with Crippen molar-refractivity contribution in [3.8, 4) is 17.2 Å². The van der Waals surface area contributed by atoms with E-state index in [9.17, 15) is 0 Å². The quantitative estimate of drug-likeness (QED) is 0.220. The van der Waals surface area contributed by atoms with Gasteiger partial charge in [-0.1, -0.05) is 84.9 Å². The van der Waals surface area contributed by atoms with E-state index in [-0.39, 0.29) is 0 Å². The number of benzene rings is 5. The van der Waals surface area contributed by atoms with Gasteiger partial charge in [-0.05, 0) is 40.2 Å². The van der Waals surface area contributed by atoms with Gasteiger partial charge in [-0.25, -0.2) is 9.97 Å². The Balaban J connectivity index is 1.60. The molecule has 0 aliphatic rings. The number of aromatic nitrogens is 3. The Morgan fingerprint density at radius 2 is 1.35 bits per heavy atom. The molecule has 5 heteroatoms. The zero-order valence-electron chi connectivity index (χ0n) is 19.5. The van der Waals surface area contributed by atoms with E-state index < -0.39 is 0 Å². The lowest BCUT2D eigenvalue weighted by Gasteiger charge is -2.12. The molecule has 3 aromatic heterocycles. The van der Waals surface area contributed by atoms with Crippen molar-refractivity contribution in [2.45, 2.75) is 0 Å². The summed E-state index contributed by atoms with van der Waals surface area (Å²) in [5.41, 5.74) is 6.65. The molecule has 0 saturated heterocycles. The van der Waals surface area contributed by atoms with Crippen LogP contribution >= 0.6 is 15.9 Å². The third-order valence-electron chi connectivity index (χ3n) is 7.07. The molecule has 0 unspecified atom stereocenters. The number of nitrogens with zero attached hydrogens (tertiary/aromatic N) is 3. The van der Waals surface area contributed by atoms with Crippen LogP contribution in [0.3, 0.4) is 0 Å². The number of halogens is 1. The van der Waals surface area contributed by atoms with Gasteiger partial charge in [-0.2, -0.15) is 0 Å². The van der Waals surface area contributed by atoms with Gasteiger partial charge in [0.25, 0.3) is 0 Å². The zero-order chi connectivity index (χ0) is 24.5. The van der Waals surface area contributed by atoms with Crippen molar-refractivity contribution in [1.82, 2.24) is 14.5 Å². The normalized spacial score (nSPS) is 11.9. The Hall–Kier alpha value is -4.48. The van der Waals surface area contributed by atoms with Crippen LogP contribution < -0.4 is 0 Å². The Morgan fingerprint density at radius 3 is 2.22 bits per heavy atom. The van der Waals surface area contributed by atoms with Crippen LogP contribution in [-0.2, 0) is 0 Å². The van der Waals surface area contributed by atoms with E-state index in [1.807, 2.05) is 42.5 Å². The lowest BCUT2D eigenvalue weighted by molar-refractivity contribution is 0.667. The monoisotopic (exact) mass is 539 g/mol. The fraction of sp³-hybridized carbons (Fsp3) is 0. The largest absolute Gasteiger partial charge is 0.455 e. The predicted molar refractivity (Wildman–Crippen MR) is 154 cm³/mol. The number of para-hydroxylation sites is 3. The molecule has 0 aliphatic heterocycles. The van der Waals surface area contributed by atoms with Gasteiger partial charge >= 0.3 is 0 Å². The van der Waals surface area contributed by atoms with E-state index in [2.05, 4.69) is 87.2 Å². The van der Waals surface area contributed by atoms with Crippen LogP contribution in [0.15, 0.2) is 118 Å². The lowest BCUT2D eigenvalue weighted by atomic mass is 10.1. The van der Waals surface area contributed by atoms with Crippen LogP contribution in [0, 0.1) is 0 Å². The average molecular weight is 540 g/mol. The molecule has 3 heterocycles. The summed E-state index contributed by atoms with van der Waals surface area (Å²) >= 11 is 3.79. The van der Waals surface area contributed by atoms with Gasteiger partial charge in [0.05, 0.1) is 32.1 Å². The van der Waals surface area contributed by atoms with Crippen molar-refractivity contribution in [3.05, 3.63) is 114 Å². The molecule has 37 heavy (non-hydrogen) atoms. The summed E-state index contributed by atoms with van der Waals surface area (Å²) in [6.07, 6.45) is 0. The van der Waals surface area contributed by atoms with E-state index in [1.165, 1.54) is 0 Å². The van der Waals surface area contributed by atoms with Crippen molar-refractivity contribution >= 4 is 70.6 Å². The summed E-state index contributed by atoms with van der Waals surface area (Å²) in [5, 5.41) is 5.41. The third kappa shape index (κ3) is 2.95. The molecule has 4 nitrogen and oxygen atoms in total. The molecule has 8 rings (SSSR count). The minimum atomic E-state index is 0.637. The summed E-state index contributed by atoms with van der Waals surface area (Å²) in [6.45, 7) is 0. The first-order valence-electron chi connectivity index (χ1n) is 12.1. The van der Waals surface area contributed by atoms with Crippen molar-refractivity contribution in [3.63, 3.8) is 0 Å². The van der Waals surface area contributed by atoms with Gasteiger partial charge in [0.1, 0.15) is 5.58 Å². The third-order valence-corrected chi connectivity index (χ3v) is 7.66. The number of hydrogen-bond acceptors (Lipinski definition) is 3. The van der Waals surface area contributed by atoms with Gasteiger partial charge in [0.2, 0.25) is 5.95 Å². The second kappa shape index (κ2) is 7.76. The van der Waals surface area contributed by atoms with Crippen LogP contribution in [0.25, 0.3) is 71.9 Å². The van der Waals surface area contributed by atoms with Crippen molar-refractivity contribution in [1.29, 1.82) is 0 Å². The molecule has 0 radical (unpaired) electrons. The van der Waals surface area contributed by atoms with Gasteiger partial charge in [-0.15, -0.1) is 0 Å². The summed E-state index contributed by atoms with van der Waals surface area (Å²) in [6, 6.07) is 37.3. The number of fused-ring (bicyclic) bond motifs is 8. The molecule has 0 spiro atoms. The number of rotatable bonds is 2. The molecule has 0 amide bonds. The summed E-state index contributed by atoms with van der Waals surface area (Å²) in [5.74, 6) is 0.637. The number of hydrogen-bond donors (Lipinski definition) is 0. The molecule has 8 aromatic rings. The molecule has 0 fully saturated rings. The van der Waals surface area contributed by atoms with Crippen LogP contribution in [-0.4, -0.2) is 14.5 Å². The maximum Gasteiger partial charge on any atom is 0.235 e. The molecule has 174 valence electrons. The topological polar surface area (TPSA) is 43.9 Å². The van der Waals surface area contributed by atoms with Gasteiger partial charge in [-0.3, -0.25) is 4.57 Å². The summed E-state index contributed by atoms with van der Waals surface area (Å²) in [7, 11) is 0. The molecule has 5 aromatic carbocycles. The first kappa shape index (κ1) is 20.7. The molecule has 0 atom stereocenters. The molecular weight excluding hydrogens is 522 g/mol. The lowest BCUT2D eigenvalue weighted by Crippen LogP contribution is -2.03. The van der Waals surface area contributed by atoms with Gasteiger partial charge in [0, 0.05) is 27.1 Å². The fourth-order valence-electron chi connectivity index (χ4n) is 5.49. The van der Waals surface area contributed by atoms with Crippen LogP contribution in [0.1, 0.15) is 0 Å². The SMILES string of the molecule is Brc1cc2c3ccccc3n(-c3nc(-c4ccccc4)c4ccccc4n3)c2c2c1oc1ccccc12. The van der Waals surface area contributed by atoms with Crippen LogP contribution in [0.4, 0.5) is 0 Å². The highest BCUT2D eigenvalue weighted by Crippen LogP contribution is 2.43. The minimum Gasteiger partial charge on any atom is -0.455 e. The Labute approximate surface area is 219 Å². The molecule has 0 N–H and O–H groups in total.